The molecule has 0 saturated carbocycles. The molecule has 2 aliphatic heterocycles. The first-order chi connectivity index (χ1) is 18.5. The number of piperidine rings is 1. The van der Waals surface area contributed by atoms with Gasteiger partial charge in [-0.2, -0.15) is 0 Å². The second kappa shape index (κ2) is 17.8. The Morgan fingerprint density at radius 2 is 1.51 bits per heavy atom. The number of benzene rings is 1. The minimum atomic E-state index is -0.681. The van der Waals surface area contributed by atoms with Crippen molar-refractivity contribution in [3.8, 4) is 0 Å². The molecule has 0 aromatic heterocycles. The molecule has 2 heterocycles. The first-order valence-corrected chi connectivity index (χ1v) is 12.7. The van der Waals surface area contributed by atoms with E-state index in [-0.39, 0.29) is 56.3 Å². The fourth-order valence-electron chi connectivity index (χ4n) is 3.98. The summed E-state index contributed by atoms with van der Waals surface area (Å²) in [6.07, 6.45) is 0.489. The molecule has 14 heteroatoms. The maximum absolute atomic E-state index is 12.7. The van der Waals surface area contributed by atoms with E-state index >= 15 is 0 Å². The van der Waals surface area contributed by atoms with Crippen LogP contribution in [0.3, 0.4) is 0 Å². The van der Waals surface area contributed by atoms with Crippen molar-refractivity contribution >= 4 is 41.7 Å². The number of nitrogens with zero attached hydrogens (tertiary/aromatic N) is 1. The third-order valence-corrected chi connectivity index (χ3v) is 5.79. The summed E-state index contributed by atoms with van der Waals surface area (Å²) < 4.78 is 26.7. The highest BCUT2D eigenvalue weighted by Gasteiger charge is 2.39. The van der Waals surface area contributed by atoms with Crippen molar-refractivity contribution in [3.63, 3.8) is 0 Å². The minimum absolute atomic E-state index is 0. The second-order valence-electron chi connectivity index (χ2n) is 8.61. The predicted molar refractivity (Wildman–Crippen MR) is 142 cm³/mol. The number of fused-ring (bicyclic) bond motifs is 1. The van der Waals surface area contributed by atoms with Gasteiger partial charge in [0.05, 0.1) is 59.5 Å². The average Bonchev–Trinajstić information content (AvgIpc) is 3.21. The Morgan fingerprint density at radius 3 is 2.10 bits per heavy atom. The fraction of sp³-hybridized carbons (Fsp3) is 0.600. The molecule has 1 unspecified atom stereocenters. The van der Waals surface area contributed by atoms with Gasteiger partial charge in [-0.25, -0.2) is 0 Å². The second-order valence-corrected chi connectivity index (χ2v) is 8.61. The van der Waals surface area contributed by atoms with Crippen molar-refractivity contribution in [2.75, 3.05) is 77.9 Å². The molecule has 4 amide bonds. The molecule has 13 nitrogen and oxygen atoms in total. The molecule has 1 saturated heterocycles. The molecule has 0 bridgehead atoms. The Hall–Kier alpha value is -2.65. The van der Waals surface area contributed by atoms with Gasteiger partial charge < -0.3 is 39.6 Å². The number of hydrogen-bond acceptors (Lipinski definition) is 10. The zero-order chi connectivity index (χ0) is 27.2. The highest BCUT2D eigenvalue weighted by molar-refractivity contribution is 6.05. The molecule has 1 aromatic carbocycles. The molecular weight excluding hydrogens is 536 g/mol. The van der Waals surface area contributed by atoms with E-state index in [4.69, 9.17) is 29.4 Å². The van der Waals surface area contributed by atoms with Crippen LogP contribution >= 0.6 is 12.4 Å². The van der Waals surface area contributed by atoms with Gasteiger partial charge in [0.25, 0.3) is 5.91 Å². The number of hydrogen-bond donors (Lipinski definition) is 3. The van der Waals surface area contributed by atoms with Gasteiger partial charge in [-0.05, 0) is 30.2 Å². The number of anilines is 1. The smallest absolute Gasteiger partial charge is 0.255 e. The Morgan fingerprint density at radius 1 is 0.923 bits per heavy atom. The van der Waals surface area contributed by atoms with E-state index in [1.807, 2.05) is 0 Å². The van der Waals surface area contributed by atoms with E-state index < -0.39 is 11.9 Å². The third-order valence-electron chi connectivity index (χ3n) is 5.79. The van der Waals surface area contributed by atoms with Crippen molar-refractivity contribution in [3.05, 3.63) is 29.3 Å². The van der Waals surface area contributed by atoms with E-state index in [2.05, 4.69) is 10.6 Å². The first kappa shape index (κ1) is 32.6. The molecular formula is C25H37ClN4O9. The van der Waals surface area contributed by atoms with E-state index in [0.29, 0.717) is 82.6 Å². The SMILES string of the molecule is Cl.NCCOCCOCCOCCOCCOCC(=O)Nc1ccc2c(c1)CN(C1CCC(=O)NC1=O)C2=O. The van der Waals surface area contributed by atoms with Crippen LogP contribution in [0.15, 0.2) is 18.2 Å². The van der Waals surface area contributed by atoms with Gasteiger partial charge in [-0.3, -0.25) is 24.5 Å². The Kier molecular flexibility index (Phi) is 14.9. The molecule has 3 rings (SSSR count). The first-order valence-electron chi connectivity index (χ1n) is 12.7. The third kappa shape index (κ3) is 10.8. The zero-order valence-corrected chi connectivity index (χ0v) is 22.6. The highest BCUT2D eigenvalue weighted by Crippen LogP contribution is 2.29. The number of carbonyl (C=O) groups is 4. The van der Waals surface area contributed by atoms with Crippen LogP contribution in [-0.2, 0) is 44.6 Å². The zero-order valence-electron chi connectivity index (χ0n) is 21.8. The Bertz CT molecular complexity index is 965. The van der Waals surface area contributed by atoms with Gasteiger partial charge in [0.15, 0.2) is 0 Å². The minimum Gasteiger partial charge on any atom is -0.378 e. The summed E-state index contributed by atoms with van der Waals surface area (Å²) in [6.45, 7) is 4.46. The lowest BCUT2D eigenvalue weighted by Crippen LogP contribution is -2.52. The number of amides is 4. The van der Waals surface area contributed by atoms with Crippen LogP contribution in [0.5, 0.6) is 0 Å². The van der Waals surface area contributed by atoms with Gasteiger partial charge in [0, 0.05) is 30.8 Å². The molecule has 0 spiro atoms. The monoisotopic (exact) mass is 572 g/mol. The summed E-state index contributed by atoms with van der Waals surface area (Å²) in [6, 6.07) is 4.28. The number of nitrogens with one attached hydrogen (secondary N) is 2. The van der Waals surface area contributed by atoms with Crippen molar-refractivity contribution in [2.45, 2.75) is 25.4 Å². The van der Waals surface area contributed by atoms with Gasteiger partial charge in [-0.15, -0.1) is 12.4 Å². The lowest BCUT2D eigenvalue weighted by Gasteiger charge is -2.29. The van der Waals surface area contributed by atoms with Gasteiger partial charge in [-0.1, -0.05) is 0 Å². The molecule has 0 aliphatic carbocycles. The molecule has 0 radical (unpaired) electrons. The Balaban J connectivity index is 0.00000533. The van der Waals surface area contributed by atoms with Gasteiger partial charge >= 0.3 is 0 Å². The molecule has 1 atom stereocenters. The largest absolute Gasteiger partial charge is 0.378 e. The van der Waals surface area contributed by atoms with E-state index in [1.165, 1.54) is 4.90 Å². The standard InChI is InChI=1S/C25H36N4O9.ClH/c26-5-6-34-7-8-35-9-10-36-11-12-37-13-14-38-17-23(31)27-19-1-2-20-18(15-19)16-29(25(20)33)21-3-4-22(30)28-24(21)32;/h1-2,15,21H,3-14,16-17,26H2,(H,27,31)(H,28,30,32);1H. The van der Waals surface area contributed by atoms with Gasteiger partial charge in [0.2, 0.25) is 17.7 Å². The fourth-order valence-corrected chi connectivity index (χ4v) is 3.98. The van der Waals surface area contributed by atoms with Crippen LogP contribution in [-0.4, -0.2) is 107 Å². The van der Waals surface area contributed by atoms with Crippen LogP contribution in [0.4, 0.5) is 5.69 Å². The quantitative estimate of drug-likeness (QED) is 0.159. The lowest BCUT2D eigenvalue weighted by molar-refractivity contribution is -0.137. The van der Waals surface area contributed by atoms with Crippen LogP contribution in [0.25, 0.3) is 0 Å². The molecule has 218 valence electrons. The summed E-state index contributed by atoms with van der Waals surface area (Å²) in [5.74, 6) is -1.40. The lowest BCUT2D eigenvalue weighted by atomic mass is 10.0. The Labute approximate surface area is 233 Å². The van der Waals surface area contributed by atoms with Crippen LogP contribution in [0.1, 0.15) is 28.8 Å². The maximum Gasteiger partial charge on any atom is 0.255 e. The van der Waals surface area contributed by atoms with Crippen molar-refractivity contribution in [1.82, 2.24) is 10.2 Å². The molecule has 4 N–H and O–H groups in total. The molecule has 1 aromatic rings. The normalized spacial score (nSPS) is 16.6. The predicted octanol–water partition coefficient (Wildman–Crippen LogP) is -0.150. The number of carbonyl (C=O) groups excluding carboxylic acids is 4. The molecule has 39 heavy (non-hydrogen) atoms. The number of halogens is 1. The van der Waals surface area contributed by atoms with Crippen LogP contribution in [0.2, 0.25) is 0 Å². The summed E-state index contributed by atoms with van der Waals surface area (Å²) in [4.78, 5) is 50.0. The van der Waals surface area contributed by atoms with Crippen molar-refractivity contribution in [1.29, 1.82) is 0 Å². The van der Waals surface area contributed by atoms with Crippen LogP contribution < -0.4 is 16.4 Å². The molecule has 1 fully saturated rings. The van der Waals surface area contributed by atoms with Crippen molar-refractivity contribution < 1.29 is 42.9 Å². The number of ether oxygens (including phenoxy) is 5. The molecule has 2 aliphatic rings. The van der Waals surface area contributed by atoms with E-state index in [0.717, 1.165) is 0 Å². The maximum atomic E-state index is 12.7. The summed E-state index contributed by atoms with van der Waals surface area (Å²) in [7, 11) is 0. The average molecular weight is 573 g/mol. The summed E-state index contributed by atoms with van der Waals surface area (Å²) in [5, 5.41) is 5.02. The topological polar surface area (TPSA) is 168 Å². The summed E-state index contributed by atoms with van der Waals surface area (Å²) >= 11 is 0. The van der Waals surface area contributed by atoms with Crippen molar-refractivity contribution in [2.24, 2.45) is 5.73 Å². The van der Waals surface area contributed by atoms with Gasteiger partial charge in [0.1, 0.15) is 12.6 Å². The van der Waals surface area contributed by atoms with E-state index in [1.54, 1.807) is 18.2 Å². The van der Waals surface area contributed by atoms with E-state index in [9.17, 15) is 19.2 Å². The summed E-state index contributed by atoms with van der Waals surface area (Å²) in [5.41, 5.74) is 7.02. The number of imide groups is 1. The highest BCUT2D eigenvalue weighted by atomic mass is 35.5. The number of nitrogens with two attached hydrogens (primary N) is 1. The number of rotatable bonds is 18. The van der Waals surface area contributed by atoms with Crippen LogP contribution in [0, 0.1) is 0 Å².